The molecule has 2 aromatic rings. The molecule has 134 valence electrons. The first-order valence-corrected chi connectivity index (χ1v) is 9.39. The Labute approximate surface area is 149 Å². The monoisotopic (exact) mass is 362 g/mol. The zero-order valence-electron chi connectivity index (χ0n) is 14.5. The lowest BCUT2D eigenvalue weighted by Crippen LogP contribution is -2.32. The van der Waals surface area contributed by atoms with E-state index in [1.807, 2.05) is 11.8 Å². The highest BCUT2D eigenvalue weighted by Crippen LogP contribution is 2.28. The number of hydrogen-bond acceptors (Lipinski definition) is 5. The van der Waals surface area contributed by atoms with E-state index >= 15 is 0 Å². The Kier molecular flexibility index (Phi) is 5.17. The van der Waals surface area contributed by atoms with Crippen LogP contribution in [0.15, 0.2) is 11.1 Å². The van der Waals surface area contributed by atoms with Crippen LogP contribution in [0.1, 0.15) is 41.4 Å². The van der Waals surface area contributed by atoms with Gasteiger partial charge in [0.15, 0.2) is 0 Å². The summed E-state index contributed by atoms with van der Waals surface area (Å²) >= 11 is 1.26. The molecule has 8 heteroatoms. The Balaban J connectivity index is 1.93. The molecule has 0 aromatic carbocycles. The van der Waals surface area contributed by atoms with Crippen LogP contribution in [0, 0.1) is 6.92 Å². The summed E-state index contributed by atoms with van der Waals surface area (Å²) < 4.78 is 1.30. The number of nitrogens with one attached hydrogen (secondary N) is 1. The lowest BCUT2D eigenvalue weighted by Gasteiger charge is -2.14. The van der Waals surface area contributed by atoms with Crippen molar-refractivity contribution in [2.75, 3.05) is 19.6 Å². The molecule has 0 unspecified atom stereocenters. The first-order chi connectivity index (χ1) is 12.0. The molecule has 0 saturated carbocycles. The number of aryl methyl sites for hydroxylation is 1. The van der Waals surface area contributed by atoms with Crippen LogP contribution in [0.3, 0.4) is 0 Å². The van der Waals surface area contributed by atoms with Crippen LogP contribution in [0.2, 0.25) is 0 Å². The van der Waals surface area contributed by atoms with Gasteiger partial charge in [-0.2, -0.15) is 0 Å². The van der Waals surface area contributed by atoms with Gasteiger partial charge in [-0.1, -0.05) is 6.92 Å². The summed E-state index contributed by atoms with van der Waals surface area (Å²) in [5, 5.41) is 3.19. The average molecular weight is 362 g/mol. The lowest BCUT2D eigenvalue weighted by molar-refractivity contribution is -0.121. The number of amides is 2. The summed E-state index contributed by atoms with van der Waals surface area (Å²) in [4.78, 5) is 44.5. The Morgan fingerprint density at radius 2 is 2.04 bits per heavy atom. The lowest BCUT2D eigenvalue weighted by atomic mass is 10.2. The molecule has 3 heterocycles. The van der Waals surface area contributed by atoms with Crippen LogP contribution >= 0.6 is 11.3 Å². The van der Waals surface area contributed by atoms with E-state index in [1.54, 1.807) is 6.92 Å². The zero-order valence-corrected chi connectivity index (χ0v) is 15.3. The summed E-state index contributed by atoms with van der Waals surface area (Å²) in [5.41, 5.74) is 0.392. The predicted molar refractivity (Wildman–Crippen MR) is 97.1 cm³/mol. The van der Waals surface area contributed by atoms with Gasteiger partial charge in [0.1, 0.15) is 11.4 Å². The maximum Gasteiger partial charge on any atom is 0.264 e. The van der Waals surface area contributed by atoms with Gasteiger partial charge >= 0.3 is 0 Å². The van der Waals surface area contributed by atoms with E-state index < -0.39 is 0 Å². The van der Waals surface area contributed by atoms with Gasteiger partial charge < -0.3 is 10.2 Å². The van der Waals surface area contributed by atoms with Crippen LogP contribution in [0.4, 0.5) is 0 Å². The molecule has 1 aliphatic heterocycles. The van der Waals surface area contributed by atoms with Gasteiger partial charge in [0.25, 0.3) is 11.5 Å². The molecule has 1 saturated heterocycles. The van der Waals surface area contributed by atoms with Gasteiger partial charge in [-0.05, 0) is 31.7 Å². The van der Waals surface area contributed by atoms with Crippen molar-refractivity contribution in [1.29, 1.82) is 0 Å². The normalized spacial score (nSPS) is 14.2. The number of thiophene rings is 1. The molecule has 0 atom stereocenters. The number of nitrogens with zero attached hydrogens (tertiary/aromatic N) is 3. The Bertz CT molecular complexity index is 865. The van der Waals surface area contributed by atoms with Crippen molar-refractivity contribution in [3.63, 3.8) is 0 Å². The molecule has 2 amide bonds. The van der Waals surface area contributed by atoms with E-state index in [4.69, 9.17) is 0 Å². The Hall–Kier alpha value is -2.22. The number of fused-ring (bicyclic) bond motifs is 1. The van der Waals surface area contributed by atoms with Gasteiger partial charge in [0, 0.05) is 19.6 Å². The summed E-state index contributed by atoms with van der Waals surface area (Å²) in [5.74, 6) is -0.240. The fourth-order valence-corrected chi connectivity index (χ4v) is 4.12. The van der Waals surface area contributed by atoms with Gasteiger partial charge in [-0.15, -0.1) is 11.3 Å². The second kappa shape index (κ2) is 7.35. The van der Waals surface area contributed by atoms with Gasteiger partial charge in [0.2, 0.25) is 5.91 Å². The topological polar surface area (TPSA) is 84.3 Å². The molecule has 0 radical (unpaired) electrons. The van der Waals surface area contributed by atoms with Crippen molar-refractivity contribution in [3.05, 3.63) is 27.1 Å². The number of carbonyl (C=O) groups is 2. The van der Waals surface area contributed by atoms with Crippen molar-refractivity contribution in [1.82, 2.24) is 19.8 Å². The van der Waals surface area contributed by atoms with Crippen LogP contribution in [-0.4, -0.2) is 45.9 Å². The second-order valence-corrected chi connectivity index (χ2v) is 7.26. The number of aromatic nitrogens is 2. The number of likely N-dealkylation sites (tertiary alicyclic amines) is 1. The summed E-state index contributed by atoms with van der Waals surface area (Å²) in [6, 6.07) is 0. The SMILES string of the molecule is CCCNC(=O)Cn1cnc2sc(C(=O)N3CCCC3)c(C)c2c1=O. The zero-order chi connectivity index (χ0) is 18.0. The molecule has 0 spiro atoms. The second-order valence-electron chi connectivity index (χ2n) is 6.26. The minimum absolute atomic E-state index is 0.0235. The molecular formula is C17H22N4O3S. The molecule has 0 bridgehead atoms. The van der Waals surface area contributed by atoms with Crippen molar-refractivity contribution in [2.45, 2.75) is 39.7 Å². The average Bonchev–Trinajstić information content (AvgIpc) is 3.23. The van der Waals surface area contributed by atoms with Gasteiger partial charge in [-0.3, -0.25) is 19.0 Å². The van der Waals surface area contributed by atoms with Crippen LogP contribution in [0.25, 0.3) is 10.2 Å². The van der Waals surface area contributed by atoms with E-state index in [1.165, 1.54) is 22.2 Å². The highest BCUT2D eigenvalue weighted by Gasteiger charge is 2.25. The molecule has 7 nitrogen and oxygen atoms in total. The first-order valence-electron chi connectivity index (χ1n) is 8.57. The van der Waals surface area contributed by atoms with Gasteiger partial charge in [-0.25, -0.2) is 4.98 Å². The first kappa shape index (κ1) is 17.6. The van der Waals surface area contributed by atoms with Gasteiger partial charge in [0.05, 0.1) is 16.6 Å². The van der Waals surface area contributed by atoms with Crippen molar-refractivity contribution in [2.24, 2.45) is 0 Å². The van der Waals surface area contributed by atoms with Crippen LogP contribution < -0.4 is 10.9 Å². The predicted octanol–water partition coefficient (Wildman–Crippen LogP) is 1.53. The molecular weight excluding hydrogens is 340 g/mol. The largest absolute Gasteiger partial charge is 0.355 e. The fourth-order valence-electron chi connectivity index (χ4n) is 3.01. The third kappa shape index (κ3) is 3.44. The van der Waals surface area contributed by atoms with E-state index in [0.717, 1.165) is 32.4 Å². The summed E-state index contributed by atoms with van der Waals surface area (Å²) in [6.07, 6.45) is 4.26. The number of rotatable bonds is 5. The van der Waals surface area contributed by atoms with E-state index in [2.05, 4.69) is 10.3 Å². The molecule has 1 N–H and O–H groups in total. The number of carbonyl (C=O) groups excluding carboxylic acids is 2. The van der Waals surface area contributed by atoms with Crippen LogP contribution in [-0.2, 0) is 11.3 Å². The third-order valence-electron chi connectivity index (χ3n) is 4.39. The van der Waals surface area contributed by atoms with Crippen LogP contribution in [0.5, 0.6) is 0 Å². The van der Waals surface area contributed by atoms with Crippen molar-refractivity contribution >= 4 is 33.4 Å². The quantitative estimate of drug-likeness (QED) is 0.874. The molecule has 25 heavy (non-hydrogen) atoms. The van der Waals surface area contributed by atoms with E-state index in [0.29, 0.717) is 27.2 Å². The molecule has 3 rings (SSSR count). The summed E-state index contributed by atoms with van der Waals surface area (Å²) in [6.45, 7) is 5.80. The Morgan fingerprint density at radius 1 is 1.32 bits per heavy atom. The molecule has 0 aliphatic carbocycles. The minimum atomic E-state index is -0.272. The number of hydrogen-bond donors (Lipinski definition) is 1. The van der Waals surface area contributed by atoms with E-state index in [9.17, 15) is 14.4 Å². The Morgan fingerprint density at radius 3 is 2.72 bits per heavy atom. The smallest absolute Gasteiger partial charge is 0.264 e. The minimum Gasteiger partial charge on any atom is -0.355 e. The van der Waals surface area contributed by atoms with Crippen molar-refractivity contribution in [3.8, 4) is 0 Å². The van der Waals surface area contributed by atoms with E-state index in [-0.39, 0.29) is 23.9 Å². The summed E-state index contributed by atoms with van der Waals surface area (Å²) in [7, 11) is 0. The highest BCUT2D eigenvalue weighted by molar-refractivity contribution is 7.20. The fraction of sp³-hybridized carbons (Fsp3) is 0.529. The standard InChI is InChI=1S/C17H22N4O3S/c1-3-6-18-12(22)9-21-10-19-15-13(16(21)23)11(2)14(25-15)17(24)20-7-4-5-8-20/h10H,3-9H2,1-2H3,(H,18,22). The molecule has 2 aromatic heterocycles. The molecule has 1 aliphatic rings. The maximum absolute atomic E-state index is 12.7. The maximum atomic E-state index is 12.7. The van der Waals surface area contributed by atoms with Crippen molar-refractivity contribution < 1.29 is 9.59 Å². The molecule has 1 fully saturated rings. The third-order valence-corrected chi connectivity index (χ3v) is 5.58. The highest BCUT2D eigenvalue weighted by atomic mass is 32.1.